The molecule has 4 nitrogen and oxygen atoms in total. The van der Waals surface area contributed by atoms with Gasteiger partial charge in [-0.25, -0.2) is 0 Å². The molecular weight excluding hydrogens is 348 g/mol. The molecule has 4 heteroatoms. The first-order valence-corrected chi connectivity index (χ1v) is 9.69. The molecule has 1 atom stereocenters. The highest BCUT2D eigenvalue weighted by atomic mass is 16.5. The average Bonchev–Trinajstić information content (AvgIpc) is 2.77. The van der Waals surface area contributed by atoms with E-state index in [1.807, 2.05) is 24.3 Å². The molecule has 1 heterocycles. The number of benzene rings is 3. The van der Waals surface area contributed by atoms with Crippen LogP contribution in [0.5, 0.6) is 11.5 Å². The Bertz CT molecular complexity index is 941. The maximum Gasteiger partial charge on any atom is 0.161 e. The van der Waals surface area contributed by atoms with Crippen molar-refractivity contribution in [2.75, 3.05) is 13.7 Å². The van der Waals surface area contributed by atoms with E-state index in [-0.39, 0.29) is 6.04 Å². The van der Waals surface area contributed by atoms with Crippen molar-refractivity contribution in [2.24, 2.45) is 5.73 Å². The summed E-state index contributed by atoms with van der Waals surface area (Å²) < 4.78 is 11.8. The SMILES string of the molecule is COc1cc2c(cc1OCc1ccccc1)CCNC2c1ccccc1CN. The fourth-order valence-corrected chi connectivity index (χ4v) is 3.85. The number of methoxy groups -OCH3 is 1. The average molecular weight is 374 g/mol. The van der Waals surface area contributed by atoms with E-state index < -0.39 is 0 Å². The molecule has 0 saturated heterocycles. The van der Waals surface area contributed by atoms with Gasteiger partial charge in [0.2, 0.25) is 0 Å². The van der Waals surface area contributed by atoms with Gasteiger partial charge in [-0.15, -0.1) is 0 Å². The minimum atomic E-state index is 0.112. The number of hydrogen-bond acceptors (Lipinski definition) is 4. The molecule has 1 aliphatic rings. The zero-order valence-electron chi connectivity index (χ0n) is 16.2. The molecule has 3 aromatic rings. The summed E-state index contributed by atoms with van der Waals surface area (Å²) in [5.41, 5.74) is 12.0. The summed E-state index contributed by atoms with van der Waals surface area (Å²) in [6, 6.07) is 22.9. The highest BCUT2D eigenvalue weighted by molar-refractivity contribution is 5.52. The molecule has 1 aliphatic heterocycles. The van der Waals surface area contributed by atoms with Crippen molar-refractivity contribution in [3.05, 3.63) is 94.5 Å². The number of fused-ring (bicyclic) bond motifs is 1. The van der Waals surface area contributed by atoms with Gasteiger partial charge in [-0.3, -0.25) is 0 Å². The molecule has 28 heavy (non-hydrogen) atoms. The number of rotatable bonds is 6. The monoisotopic (exact) mass is 374 g/mol. The number of hydrogen-bond donors (Lipinski definition) is 2. The molecule has 0 radical (unpaired) electrons. The standard InChI is InChI=1S/C24H26N2O2/c1-27-22-14-21-18(13-23(22)28-16-17-7-3-2-4-8-17)11-12-26-24(21)20-10-6-5-9-19(20)15-25/h2-10,13-14,24,26H,11-12,15-16,25H2,1H3. The van der Waals surface area contributed by atoms with Crippen molar-refractivity contribution in [1.82, 2.24) is 5.32 Å². The van der Waals surface area contributed by atoms with Gasteiger partial charge in [0.25, 0.3) is 0 Å². The van der Waals surface area contributed by atoms with E-state index in [1.54, 1.807) is 7.11 Å². The van der Waals surface area contributed by atoms with Crippen LogP contribution in [-0.2, 0) is 19.6 Å². The Hall–Kier alpha value is -2.82. The fourth-order valence-electron chi connectivity index (χ4n) is 3.85. The molecule has 3 N–H and O–H groups in total. The van der Waals surface area contributed by atoms with E-state index in [1.165, 1.54) is 16.7 Å². The van der Waals surface area contributed by atoms with Crippen molar-refractivity contribution in [2.45, 2.75) is 25.6 Å². The summed E-state index contributed by atoms with van der Waals surface area (Å²) >= 11 is 0. The summed E-state index contributed by atoms with van der Waals surface area (Å²) in [6.45, 7) is 1.97. The first-order chi connectivity index (χ1) is 13.8. The van der Waals surface area contributed by atoms with Crippen LogP contribution in [0.3, 0.4) is 0 Å². The van der Waals surface area contributed by atoms with E-state index in [0.717, 1.165) is 35.6 Å². The Balaban J connectivity index is 1.67. The molecule has 0 fully saturated rings. The lowest BCUT2D eigenvalue weighted by Crippen LogP contribution is -2.31. The third kappa shape index (κ3) is 3.75. The first-order valence-electron chi connectivity index (χ1n) is 9.69. The normalized spacial score (nSPS) is 15.7. The molecule has 0 aliphatic carbocycles. The molecule has 0 aromatic heterocycles. The molecular formula is C24H26N2O2. The highest BCUT2D eigenvalue weighted by Gasteiger charge is 2.25. The van der Waals surface area contributed by atoms with Gasteiger partial charge in [-0.2, -0.15) is 0 Å². The Morgan fingerprint density at radius 1 is 0.964 bits per heavy atom. The Morgan fingerprint density at radius 2 is 1.75 bits per heavy atom. The number of ether oxygens (including phenoxy) is 2. The predicted molar refractivity (Wildman–Crippen MR) is 112 cm³/mol. The molecule has 0 bridgehead atoms. The second-order valence-corrected chi connectivity index (χ2v) is 7.02. The topological polar surface area (TPSA) is 56.5 Å². The Labute approximate surface area is 166 Å². The van der Waals surface area contributed by atoms with Crippen LogP contribution in [0.2, 0.25) is 0 Å². The van der Waals surface area contributed by atoms with Crippen molar-refractivity contribution < 1.29 is 9.47 Å². The Kier molecular flexibility index (Phi) is 5.60. The van der Waals surface area contributed by atoms with E-state index in [2.05, 4.69) is 47.8 Å². The second kappa shape index (κ2) is 8.46. The second-order valence-electron chi connectivity index (χ2n) is 7.02. The molecule has 3 aromatic carbocycles. The largest absolute Gasteiger partial charge is 0.493 e. The van der Waals surface area contributed by atoms with Crippen LogP contribution in [0.15, 0.2) is 66.7 Å². The van der Waals surface area contributed by atoms with Gasteiger partial charge in [-0.1, -0.05) is 54.6 Å². The van der Waals surface area contributed by atoms with Crippen LogP contribution >= 0.6 is 0 Å². The van der Waals surface area contributed by atoms with E-state index in [9.17, 15) is 0 Å². The van der Waals surface area contributed by atoms with Crippen LogP contribution in [0.1, 0.15) is 33.9 Å². The minimum Gasteiger partial charge on any atom is -0.493 e. The van der Waals surface area contributed by atoms with Gasteiger partial charge in [0.05, 0.1) is 13.2 Å². The maximum absolute atomic E-state index is 6.10. The van der Waals surface area contributed by atoms with Gasteiger partial charge < -0.3 is 20.5 Å². The van der Waals surface area contributed by atoms with Crippen molar-refractivity contribution >= 4 is 0 Å². The fraction of sp³-hybridized carbons (Fsp3) is 0.250. The summed E-state index contributed by atoms with van der Waals surface area (Å²) in [6.07, 6.45) is 0.961. The van der Waals surface area contributed by atoms with Crippen LogP contribution in [0.4, 0.5) is 0 Å². The summed E-state index contributed by atoms with van der Waals surface area (Å²) in [7, 11) is 1.69. The third-order valence-corrected chi connectivity index (χ3v) is 5.30. The number of nitrogens with one attached hydrogen (secondary N) is 1. The number of nitrogens with two attached hydrogens (primary N) is 1. The minimum absolute atomic E-state index is 0.112. The van der Waals surface area contributed by atoms with Gasteiger partial charge in [0.1, 0.15) is 6.61 Å². The summed E-state index contributed by atoms with van der Waals surface area (Å²) in [5.74, 6) is 1.55. The quantitative estimate of drug-likeness (QED) is 0.686. The maximum atomic E-state index is 6.10. The molecule has 4 rings (SSSR count). The predicted octanol–water partition coefficient (Wildman–Crippen LogP) is 3.97. The highest BCUT2D eigenvalue weighted by Crippen LogP contribution is 2.38. The van der Waals surface area contributed by atoms with Crippen LogP contribution in [0, 0.1) is 0 Å². The molecule has 144 valence electrons. The van der Waals surface area contributed by atoms with E-state index >= 15 is 0 Å². The van der Waals surface area contributed by atoms with Gasteiger partial charge in [0.15, 0.2) is 11.5 Å². The van der Waals surface area contributed by atoms with Crippen LogP contribution in [0.25, 0.3) is 0 Å². The van der Waals surface area contributed by atoms with Crippen molar-refractivity contribution in [3.63, 3.8) is 0 Å². The van der Waals surface area contributed by atoms with Gasteiger partial charge >= 0.3 is 0 Å². The lowest BCUT2D eigenvalue weighted by molar-refractivity contribution is 0.283. The lowest BCUT2D eigenvalue weighted by Gasteiger charge is -2.30. The van der Waals surface area contributed by atoms with Crippen LogP contribution in [-0.4, -0.2) is 13.7 Å². The first kappa shape index (κ1) is 18.5. The van der Waals surface area contributed by atoms with E-state index in [0.29, 0.717) is 13.2 Å². The van der Waals surface area contributed by atoms with Crippen molar-refractivity contribution in [3.8, 4) is 11.5 Å². The summed E-state index contributed by atoms with van der Waals surface area (Å²) in [5, 5.41) is 3.64. The zero-order valence-corrected chi connectivity index (χ0v) is 16.2. The third-order valence-electron chi connectivity index (χ3n) is 5.30. The molecule has 0 saturated carbocycles. The van der Waals surface area contributed by atoms with Crippen LogP contribution < -0.4 is 20.5 Å². The van der Waals surface area contributed by atoms with Gasteiger partial charge in [0, 0.05) is 13.1 Å². The lowest BCUT2D eigenvalue weighted by atomic mass is 9.87. The van der Waals surface area contributed by atoms with E-state index in [4.69, 9.17) is 15.2 Å². The Morgan fingerprint density at radius 3 is 2.54 bits per heavy atom. The molecule has 1 unspecified atom stereocenters. The smallest absolute Gasteiger partial charge is 0.161 e. The molecule has 0 amide bonds. The zero-order chi connectivity index (χ0) is 19.3. The van der Waals surface area contributed by atoms with Crippen molar-refractivity contribution in [1.29, 1.82) is 0 Å². The summed E-state index contributed by atoms with van der Waals surface area (Å²) in [4.78, 5) is 0. The van der Waals surface area contributed by atoms with Gasteiger partial charge in [-0.05, 0) is 46.4 Å². The molecule has 0 spiro atoms.